The van der Waals surface area contributed by atoms with Gasteiger partial charge in [0.05, 0.1) is 18.3 Å². The molecule has 4 rings (SSSR count). The van der Waals surface area contributed by atoms with Crippen LogP contribution in [-0.4, -0.2) is 44.8 Å². The summed E-state index contributed by atoms with van der Waals surface area (Å²) in [5, 5.41) is 3.05. The molecule has 0 spiro atoms. The molecule has 2 aliphatic heterocycles. The number of aromatic nitrogens is 2. The SMILES string of the molecule is Cc1cnc(C(=O)NC2C[C@H]3CC[C@@H](C2)N3C(=O)Cc2ccc(F)cc2)cn1. The van der Waals surface area contributed by atoms with Gasteiger partial charge in [0.1, 0.15) is 11.5 Å². The first-order valence-electron chi connectivity index (χ1n) is 9.64. The van der Waals surface area contributed by atoms with E-state index >= 15 is 0 Å². The van der Waals surface area contributed by atoms with Gasteiger partial charge in [-0.05, 0) is 50.3 Å². The van der Waals surface area contributed by atoms with Crippen LogP contribution in [0.4, 0.5) is 4.39 Å². The van der Waals surface area contributed by atoms with Crippen LogP contribution in [0.1, 0.15) is 47.4 Å². The van der Waals surface area contributed by atoms with E-state index in [1.54, 1.807) is 18.3 Å². The fourth-order valence-corrected chi connectivity index (χ4v) is 4.34. The van der Waals surface area contributed by atoms with E-state index in [0.717, 1.165) is 36.9 Å². The van der Waals surface area contributed by atoms with Crippen LogP contribution in [0.5, 0.6) is 0 Å². The number of aryl methyl sites for hydroxylation is 1. The molecule has 2 bridgehead atoms. The lowest BCUT2D eigenvalue weighted by molar-refractivity contribution is -0.135. The third kappa shape index (κ3) is 3.88. The Bertz CT molecular complexity index is 855. The maximum atomic E-state index is 13.1. The monoisotopic (exact) mass is 382 g/mol. The number of amides is 2. The Hall–Kier alpha value is -2.83. The smallest absolute Gasteiger partial charge is 0.271 e. The Kier molecular flexibility index (Phi) is 5.07. The summed E-state index contributed by atoms with van der Waals surface area (Å²) in [7, 11) is 0. The van der Waals surface area contributed by atoms with Crippen LogP contribution >= 0.6 is 0 Å². The van der Waals surface area contributed by atoms with E-state index in [-0.39, 0.29) is 42.2 Å². The predicted molar refractivity (Wildman–Crippen MR) is 101 cm³/mol. The summed E-state index contributed by atoms with van der Waals surface area (Å²) >= 11 is 0. The molecule has 0 aliphatic carbocycles. The van der Waals surface area contributed by atoms with Crippen molar-refractivity contribution in [1.82, 2.24) is 20.2 Å². The van der Waals surface area contributed by atoms with Gasteiger partial charge in [-0.2, -0.15) is 0 Å². The first kappa shape index (κ1) is 18.5. The van der Waals surface area contributed by atoms with Gasteiger partial charge in [-0.15, -0.1) is 0 Å². The topological polar surface area (TPSA) is 75.2 Å². The minimum atomic E-state index is -0.300. The highest BCUT2D eigenvalue weighted by atomic mass is 19.1. The maximum absolute atomic E-state index is 13.1. The van der Waals surface area contributed by atoms with Crippen LogP contribution in [0.15, 0.2) is 36.7 Å². The zero-order valence-electron chi connectivity index (χ0n) is 15.8. The number of rotatable bonds is 4. The summed E-state index contributed by atoms with van der Waals surface area (Å²) < 4.78 is 13.1. The number of carbonyl (C=O) groups excluding carboxylic acids is 2. The number of hydrogen-bond donors (Lipinski definition) is 1. The lowest BCUT2D eigenvalue weighted by atomic mass is 9.96. The Morgan fingerprint density at radius 2 is 1.79 bits per heavy atom. The van der Waals surface area contributed by atoms with E-state index in [9.17, 15) is 14.0 Å². The molecular formula is C21H23FN4O2. The first-order chi connectivity index (χ1) is 13.5. The zero-order chi connectivity index (χ0) is 19.7. The molecule has 7 heteroatoms. The van der Waals surface area contributed by atoms with Crippen molar-refractivity contribution < 1.29 is 14.0 Å². The van der Waals surface area contributed by atoms with Crippen LogP contribution in [0.2, 0.25) is 0 Å². The summed E-state index contributed by atoms with van der Waals surface area (Å²) in [5.74, 6) is -0.442. The summed E-state index contributed by atoms with van der Waals surface area (Å²) in [6, 6.07) is 6.39. The molecule has 1 N–H and O–H groups in total. The van der Waals surface area contributed by atoms with Gasteiger partial charge in [-0.3, -0.25) is 14.6 Å². The Morgan fingerprint density at radius 3 is 2.39 bits per heavy atom. The first-order valence-corrected chi connectivity index (χ1v) is 9.64. The highest BCUT2D eigenvalue weighted by molar-refractivity contribution is 5.92. The van der Waals surface area contributed by atoms with Gasteiger partial charge in [0.15, 0.2) is 0 Å². The van der Waals surface area contributed by atoms with E-state index in [2.05, 4.69) is 15.3 Å². The quantitative estimate of drug-likeness (QED) is 0.881. The number of fused-ring (bicyclic) bond motifs is 2. The Balaban J connectivity index is 1.37. The minimum absolute atomic E-state index is 0.0305. The number of nitrogens with zero attached hydrogens (tertiary/aromatic N) is 3. The molecule has 0 saturated carbocycles. The van der Waals surface area contributed by atoms with Crippen LogP contribution in [-0.2, 0) is 11.2 Å². The molecule has 1 aromatic carbocycles. The van der Waals surface area contributed by atoms with Gasteiger partial charge in [0, 0.05) is 24.3 Å². The zero-order valence-corrected chi connectivity index (χ0v) is 15.8. The van der Waals surface area contributed by atoms with Crippen molar-refractivity contribution in [3.8, 4) is 0 Å². The molecule has 2 fully saturated rings. The number of nitrogens with one attached hydrogen (secondary N) is 1. The fraction of sp³-hybridized carbons (Fsp3) is 0.429. The summed E-state index contributed by atoms with van der Waals surface area (Å²) in [6.45, 7) is 1.82. The lowest BCUT2D eigenvalue weighted by Crippen LogP contribution is -2.52. The number of benzene rings is 1. The Morgan fingerprint density at radius 1 is 1.11 bits per heavy atom. The van der Waals surface area contributed by atoms with Gasteiger partial charge < -0.3 is 10.2 Å². The average Bonchev–Trinajstić information content (AvgIpc) is 2.95. The molecule has 3 atom stereocenters. The van der Waals surface area contributed by atoms with Gasteiger partial charge in [-0.1, -0.05) is 12.1 Å². The summed E-state index contributed by atoms with van der Waals surface area (Å²) in [5.41, 5.74) is 1.90. The second-order valence-electron chi connectivity index (χ2n) is 7.67. The van der Waals surface area contributed by atoms with E-state index in [4.69, 9.17) is 0 Å². The van der Waals surface area contributed by atoms with Crippen molar-refractivity contribution >= 4 is 11.8 Å². The van der Waals surface area contributed by atoms with Crippen molar-refractivity contribution in [1.29, 1.82) is 0 Å². The number of hydrogen-bond acceptors (Lipinski definition) is 4. The van der Waals surface area contributed by atoms with Crippen LogP contribution in [0, 0.1) is 12.7 Å². The Labute approximate surface area is 163 Å². The molecule has 2 aromatic rings. The third-order valence-electron chi connectivity index (χ3n) is 5.64. The second-order valence-corrected chi connectivity index (χ2v) is 7.67. The molecule has 2 amide bonds. The van der Waals surface area contributed by atoms with E-state index in [1.807, 2.05) is 11.8 Å². The molecule has 2 saturated heterocycles. The fourth-order valence-electron chi connectivity index (χ4n) is 4.34. The van der Waals surface area contributed by atoms with E-state index in [1.165, 1.54) is 18.3 Å². The van der Waals surface area contributed by atoms with Crippen molar-refractivity contribution in [2.24, 2.45) is 0 Å². The molecule has 3 heterocycles. The van der Waals surface area contributed by atoms with E-state index < -0.39 is 0 Å². The molecule has 2 aliphatic rings. The van der Waals surface area contributed by atoms with Gasteiger partial charge in [0.2, 0.25) is 5.91 Å². The van der Waals surface area contributed by atoms with Crippen molar-refractivity contribution in [2.45, 2.75) is 57.2 Å². The largest absolute Gasteiger partial charge is 0.348 e. The summed E-state index contributed by atoms with van der Waals surface area (Å²) in [6.07, 6.45) is 6.75. The number of piperidine rings is 1. The van der Waals surface area contributed by atoms with Crippen molar-refractivity contribution in [3.05, 3.63) is 59.4 Å². The minimum Gasteiger partial charge on any atom is -0.348 e. The van der Waals surface area contributed by atoms with Crippen molar-refractivity contribution in [2.75, 3.05) is 0 Å². The maximum Gasteiger partial charge on any atom is 0.271 e. The van der Waals surface area contributed by atoms with Crippen LogP contribution in [0.25, 0.3) is 0 Å². The van der Waals surface area contributed by atoms with Gasteiger partial charge in [-0.25, -0.2) is 9.37 Å². The third-order valence-corrected chi connectivity index (χ3v) is 5.64. The predicted octanol–water partition coefficient (Wildman–Crippen LogP) is 2.42. The molecule has 1 unspecified atom stereocenters. The van der Waals surface area contributed by atoms with Gasteiger partial charge in [0.25, 0.3) is 5.91 Å². The molecule has 1 aromatic heterocycles. The highest BCUT2D eigenvalue weighted by Crippen LogP contribution is 2.36. The van der Waals surface area contributed by atoms with Crippen LogP contribution in [0.3, 0.4) is 0 Å². The second kappa shape index (κ2) is 7.66. The van der Waals surface area contributed by atoms with Crippen LogP contribution < -0.4 is 5.32 Å². The molecular weight excluding hydrogens is 359 g/mol. The van der Waals surface area contributed by atoms with Crippen molar-refractivity contribution in [3.63, 3.8) is 0 Å². The van der Waals surface area contributed by atoms with E-state index in [0.29, 0.717) is 5.69 Å². The molecule has 28 heavy (non-hydrogen) atoms. The summed E-state index contributed by atoms with van der Waals surface area (Å²) in [4.78, 5) is 35.5. The standard InChI is InChI=1S/C21H23FN4O2/c1-13-11-24-19(12-23-13)21(28)25-16-9-17-6-7-18(10-16)26(17)20(27)8-14-2-4-15(22)5-3-14/h2-5,11-12,16-18H,6-10H2,1H3,(H,25,28)/t16?,17-,18+. The highest BCUT2D eigenvalue weighted by Gasteiger charge is 2.43. The molecule has 146 valence electrons. The molecule has 6 nitrogen and oxygen atoms in total. The van der Waals surface area contributed by atoms with Gasteiger partial charge >= 0.3 is 0 Å². The number of carbonyl (C=O) groups is 2. The average molecular weight is 382 g/mol. The normalized spacial score (nSPS) is 23.5. The molecule has 0 radical (unpaired) electrons. The lowest BCUT2D eigenvalue weighted by Gasteiger charge is -2.39. The number of halogens is 1.